The molecule has 2 rings (SSSR count). The Morgan fingerprint density at radius 1 is 1.44 bits per heavy atom. The minimum atomic E-state index is -3.31. The standard InChI is InChI=1S/C11H13N3O2S2/c1-18(15,16)10-4-2-3-9(11(10)12)13-5-8-6-17-7-14-8/h2-4,6-7,13H,5,12H2,1H3. The maximum Gasteiger partial charge on any atom is 0.177 e. The molecule has 2 aromatic rings. The van der Waals surface area contributed by atoms with Crippen LogP contribution >= 0.6 is 11.3 Å². The molecule has 0 aliphatic heterocycles. The highest BCUT2D eigenvalue weighted by Crippen LogP contribution is 2.26. The van der Waals surface area contributed by atoms with Crippen molar-refractivity contribution in [3.8, 4) is 0 Å². The van der Waals surface area contributed by atoms with Gasteiger partial charge in [0.2, 0.25) is 0 Å². The van der Waals surface area contributed by atoms with Crippen LogP contribution in [0.3, 0.4) is 0 Å². The van der Waals surface area contributed by atoms with Crippen LogP contribution in [-0.2, 0) is 16.4 Å². The van der Waals surface area contributed by atoms with Gasteiger partial charge in [-0.05, 0) is 12.1 Å². The maximum absolute atomic E-state index is 11.5. The molecule has 1 aromatic carbocycles. The van der Waals surface area contributed by atoms with Gasteiger partial charge in [-0.3, -0.25) is 0 Å². The minimum absolute atomic E-state index is 0.144. The van der Waals surface area contributed by atoms with Crippen molar-refractivity contribution < 1.29 is 8.42 Å². The van der Waals surface area contributed by atoms with E-state index in [1.807, 2.05) is 5.38 Å². The van der Waals surface area contributed by atoms with Crippen molar-refractivity contribution in [2.75, 3.05) is 17.3 Å². The molecule has 1 heterocycles. The lowest BCUT2D eigenvalue weighted by Gasteiger charge is -2.11. The number of thiazole rings is 1. The second-order valence-electron chi connectivity index (χ2n) is 3.82. The van der Waals surface area contributed by atoms with E-state index in [0.717, 1.165) is 11.9 Å². The molecule has 0 radical (unpaired) electrons. The zero-order chi connectivity index (χ0) is 13.2. The van der Waals surface area contributed by atoms with E-state index in [1.165, 1.54) is 17.4 Å². The fourth-order valence-electron chi connectivity index (χ4n) is 1.53. The first kappa shape index (κ1) is 12.8. The van der Waals surface area contributed by atoms with Gasteiger partial charge in [0.15, 0.2) is 9.84 Å². The molecule has 0 fully saturated rings. The summed E-state index contributed by atoms with van der Waals surface area (Å²) in [6.07, 6.45) is 1.14. The lowest BCUT2D eigenvalue weighted by Crippen LogP contribution is -2.07. The molecule has 0 saturated carbocycles. The monoisotopic (exact) mass is 283 g/mol. The van der Waals surface area contributed by atoms with E-state index >= 15 is 0 Å². The first-order chi connectivity index (χ1) is 8.48. The number of para-hydroxylation sites is 1. The number of aromatic nitrogens is 1. The molecule has 0 amide bonds. The molecule has 0 saturated heterocycles. The van der Waals surface area contributed by atoms with Crippen LogP contribution in [0.15, 0.2) is 34.0 Å². The van der Waals surface area contributed by atoms with E-state index in [0.29, 0.717) is 12.2 Å². The molecule has 0 aliphatic carbocycles. The smallest absolute Gasteiger partial charge is 0.177 e. The summed E-state index contributed by atoms with van der Waals surface area (Å²) in [5.41, 5.74) is 9.33. The van der Waals surface area contributed by atoms with Gasteiger partial charge in [0, 0.05) is 11.6 Å². The fraction of sp³-hybridized carbons (Fsp3) is 0.182. The number of sulfone groups is 1. The summed E-state index contributed by atoms with van der Waals surface area (Å²) in [5, 5.41) is 5.00. The number of nitrogen functional groups attached to an aromatic ring is 1. The Labute approximate surface area is 110 Å². The van der Waals surface area contributed by atoms with Gasteiger partial charge in [-0.15, -0.1) is 11.3 Å². The first-order valence-corrected chi connectivity index (χ1v) is 8.01. The van der Waals surface area contributed by atoms with Gasteiger partial charge in [-0.1, -0.05) is 6.07 Å². The van der Waals surface area contributed by atoms with Gasteiger partial charge in [-0.2, -0.15) is 0 Å². The van der Waals surface area contributed by atoms with E-state index in [4.69, 9.17) is 5.73 Å². The van der Waals surface area contributed by atoms with Crippen molar-refractivity contribution in [1.82, 2.24) is 4.98 Å². The Bertz CT molecular complexity index is 636. The SMILES string of the molecule is CS(=O)(=O)c1cccc(NCc2cscn2)c1N. The molecular weight excluding hydrogens is 270 g/mol. The predicted molar refractivity (Wildman–Crippen MR) is 73.4 cm³/mol. The highest BCUT2D eigenvalue weighted by molar-refractivity contribution is 7.90. The topological polar surface area (TPSA) is 85.1 Å². The molecule has 0 bridgehead atoms. The van der Waals surface area contributed by atoms with Crippen molar-refractivity contribution in [1.29, 1.82) is 0 Å². The Kier molecular flexibility index (Phi) is 3.53. The Morgan fingerprint density at radius 3 is 2.83 bits per heavy atom. The summed E-state index contributed by atoms with van der Waals surface area (Å²) in [6.45, 7) is 0.515. The van der Waals surface area contributed by atoms with Crippen LogP contribution in [0.4, 0.5) is 11.4 Å². The second kappa shape index (κ2) is 4.95. The van der Waals surface area contributed by atoms with Gasteiger partial charge >= 0.3 is 0 Å². The molecule has 18 heavy (non-hydrogen) atoms. The number of nitrogens with zero attached hydrogens (tertiary/aromatic N) is 1. The van der Waals surface area contributed by atoms with E-state index in [1.54, 1.807) is 17.6 Å². The number of anilines is 2. The van der Waals surface area contributed by atoms with Crippen LogP contribution in [0.25, 0.3) is 0 Å². The molecule has 0 spiro atoms. The van der Waals surface area contributed by atoms with Gasteiger partial charge < -0.3 is 11.1 Å². The molecule has 3 N–H and O–H groups in total. The van der Waals surface area contributed by atoms with Gasteiger partial charge in [0.25, 0.3) is 0 Å². The van der Waals surface area contributed by atoms with Crippen molar-refractivity contribution in [2.45, 2.75) is 11.4 Å². The Balaban J connectivity index is 2.24. The Hall–Kier alpha value is -1.60. The molecule has 96 valence electrons. The van der Waals surface area contributed by atoms with E-state index in [9.17, 15) is 8.42 Å². The summed E-state index contributed by atoms with van der Waals surface area (Å²) < 4.78 is 23.0. The largest absolute Gasteiger partial charge is 0.396 e. The summed E-state index contributed by atoms with van der Waals surface area (Å²) in [7, 11) is -3.31. The van der Waals surface area contributed by atoms with Crippen LogP contribution in [0.2, 0.25) is 0 Å². The van der Waals surface area contributed by atoms with Crippen molar-refractivity contribution in [3.05, 3.63) is 34.8 Å². The molecule has 1 aromatic heterocycles. The van der Waals surface area contributed by atoms with Crippen LogP contribution in [-0.4, -0.2) is 19.7 Å². The third-order valence-corrected chi connectivity index (χ3v) is 4.20. The van der Waals surface area contributed by atoms with E-state index < -0.39 is 9.84 Å². The molecule has 7 heteroatoms. The normalized spacial score (nSPS) is 11.4. The van der Waals surface area contributed by atoms with Crippen molar-refractivity contribution in [3.63, 3.8) is 0 Å². The average Bonchev–Trinajstić information content (AvgIpc) is 2.79. The van der Waals surface area contributed by atoms with Gasteiger partial charge in [-0.25, -0.2) is 13.4 Å². The third-order valence-electron chi connectivity index (χ3n) is 2.41. The molecule has 0 atom stereocenters. The lowest BCUT2D eigenvalue weighted by atomic mass is 10.2. The molecule has 0 unspecified atom stereocenters. The van der Waals surface area contributed by atoms with Crippen molar-refractivity contribution >= 4 is 32.5 Å². The van der Waals surface area contributed by atoms with Crippen molar-refractivity contribution in [2.24, 2.45) is 0 Å². The lowest BCUT2D eigenvalue weighted by molar-refractivity contribution is 0.602. The fourth-order valence-corrected chi connectivity index (χ4v) is 2.93. The van der Waals surface area contributed by atoms with E-state index in [-0.39, 0.29) is 10.6 Å². The Morgan fingerprint density at radius 2 is 2.22 bits per heavy atom. The summed E-state index contributed by atoms with van der Waals surface area (Å²) in [5.74, 6) is 0. The first-order valence-electron chi connectivity index (χ1n) is 5.18. The zero-order valence-electron chi connectivity index (χ0n) is 9.75. The predicted octanol–water partition coefficient (Wildman–Crippen LogP) is 1.74. The summed E-state index contributed by atoms with van der Waals surface area (Å²) >= 11 is 1.51. The summed E-state index contributed by atoms with van der Waals surface area (Å²) in [6, 6.07) is 4.91. The van der Waals surface area contributed by atoms with Gasteiger partial charge in [0.1, 0.15) is 0 Å². The average molecular weight is 283 g/mol. The van der Waals surface area contributed by atoms with Gasteiger partial charge in [0.05, 0.1) is 34.0 Å². The van der Waals surface area contributed by atoms with Crippen LogP contribution in [0, 0.1) is 0 Å². The number of benzene rings is 1. The number of rotatable bonds is 4. The quantitative estimate of drug-likeness (QED) is 0.835. The number of hydrogen-bond acceptors (Lipinski definition) is 6. The number of hydrogen-bond donors (Lipinski definition) is 2. The third kappa shape index (κ3) is 2.80. The molecular formula is C11H13N3O2S2. The highest BCUT2D eigenvalue weighted by atomic mass is 32.2. The van der Waals surface area contributed by atoms with Crippen LogP contribution in [0.5, 0.6) is 0 Å². The molecule has 0 aliphatic rings. The van der Waals surface area contributed by atoms with Crippen LogP contribution < -0.4 is 11.1 Å². The zero-order valence-corrected chi connectivity index (χ0v) is 11.4. The number of nitrogens with two attached hydrogens (primary N) is 1. The van der Waals surface area contributed by atoms with E-state index in [2.05, 4.69) is 10.3 Å². The minimum Gasteiger partial charge on any atom is -0.396 e. The second-order valence-corrected chi connectivity index (χ2v) is 6.53. The van der Waals surface area contributed by atoms with Crippen LogP contribution in [0.1, 0.15) is 5.69 Å². The number of nitrogens with one attached hydrogen (secondary N) is 1. The molecule has 5 nitrogen and oxygen atoms in total. The highest BCUT2D eigenvalue weighted by Gasteiger charge is 2.13. The summed E-state index contributed by atoms with van der Waals surface area (Å²) in [4.78, 5) is 4.27. The maximum atomic E-state index is 11.5.